The number of urea groups is 1. The van der Waals surface area contributed by atoms with Crippen LogP contribution in [0.1, 0.15) is 19.3 Å². The Morgan fingerprint density at radius 1 is 1.32 bits per heavy atom. The predicted octanol–water partition coefficient (Wildman–Crippen LogP) is 1.96. The van der Waals surface area contributed by atoms with Crippen molar-refractivity contribution < 1.29 is 19.4 Å². The number of carboxylic acid groups (broad SMARTS) is 1. The molecule has 120 valence electrons. The topological polar surface area (TPSA) is 78.9 Å². The Kier molecular flexibility index (Phi) is 6.06. The number of carbonyl (C=O) groups excluding carboxylic acids is 1. The Balaban J connectivity index is 1.64. The normalized spacial score (nSPS) is 17.3. The van der Waals surface area contributed by atoms with Crippen LogP contribution < -0.4 is 10.1 Å². The van der Waals surface area contributed by atoms with E-state index in [1.165, 1.54) is 0 Å². The van der Waals surface area contributed by atoms with Gasteiger partial charge < -0.3 is 20.1 Å². The van der Waals surface area contributed by atoms with Gasteiger partial charge in [-0.15, -0.1) is 0 Å². The molecule has 1 atom stereocenters. The maximum atomic E-state index is 11.9. The fraction of sp³-hybridized carbons (Fsp3) is 0.500. The van der Waals surface area contributed by atoms with E-state index in [0.717, 1.165) is 12.2 Å². The quantitative estimate of drug-likeness (QED) is 0.755. The number of nitrogens with zero attached hydrogens (tertiary/aromatic N) is 1. The van der Waals surface area contributed by atoms with Crippen LogP contribution in [0.25, 0.3) is 0 Å². The number of para-hydroxylation sites is 1. The second kappa shape index (κ2) is 8.26. The Hall–Kier alpha value is -2.24. The summed E-state index contributed by atoms with van der Waals surface area (Å²) in [6.07, 6.45) is 1.46. The van der Waals surface area contributed by atoms with Crippen LogP contribution >= 0.6 is 0 Å². The molecule has 1 unspecified atom stereocenters. The SMILES string of the molecule is O=C(O)CCCNC(=O)N1CCC(COc2ccccc2)C1. The average molecular weight is 306 g/mol. The van der Waals surface area contributed by atoms with Crippen molar-refractivity contribution in [3.8, 4) is 5.75 Å². The molecule has 1 fully saturated rings. The molecule has 1 aliphatic rings. The highest BCUT2D eigenvalue weighted by Crippen LogP contribution is 2.18. The van der Waals surface area contributed by atoms with Crippen molar-refractivity contribution in [2.45, 2.75) is 19.3 Å². The lowest BCUT2D eigenvalue weighted by Gasteiger charge is -2.17. The highest BCUT2D eigenvalue weighted by molar-refractivity contribution is 5.74. The first-order chi connectivity index (χ1) is 10.6. The van der Waals surface area contributed by atoms with Gasteiger partial charge in [0.25, 0.3) is 0 Å². The van der Waals surface area contributed by atoms with E-state index >= 15 is 0 Å². The standard InChI is InChI=1S/C16H22N2O4/c19-15(20)7-4-9-17-16(21)18-10-8-13(11-18)12-22-14-5-2-1-3-6-14/h1-3,5-6,13H,4,7-12H2,(H,17,21)(H,19,20). The molecule has 0 spiro atoms. The van der Waals surface area contributed by atoms with E-state index < -0.39 is 5.97 Å². The van der Waals surface area contributed by atoms with Gasteiger partial charge in [0.2, 0.25) is 0 Å². The van der Waals surface area contributed by atoms with Gasteiger partial charge in [-0.1, -0.05) is 18.2 Å². The van der Waals surface area contributed by atoms with Gasteiger partial charge in [-0.05, 0) is 25.0 Å². The summed E-state index contributed by atoms with van der Waals surface area (Å²) >= 11 is 0. The first-order valence-corrected chi connectivity index (χ1v) is 7.57. The number of hydrogen-bond acceptors (Lipinski definition) is 3. The summed E-state index contributed by atoms with van der Waals surface area (Å²) in [5, 5.41) is 11.3. The van der Waals surface area contributed by atoms with Crippen molar-refractivity contribution in [2.75, 3.05) is 26.2 Å². The van der Waals surface area contributed by atoms with Crippen LogP contribution in [0, 0.1) is 5.92 Å². The zero-order valence-corrected chi connectivity index (χ0v) is 12.5. The van der Waals surface area contributed by atoms with E-state index in [9.17, 15) is 9.59 Å². The maximum absolute atomic E-state index is 11.9. The fourth-order valence-corrected chi connectivity index (χ4v) is 2.43. The molecule has 6 heteroatoms. The summed E-state index contributed by atoms with van der Waals surface area (Å²) in [4.78, 5) is 24.1. The van der Waals surface area contributed by atoms with Crippen molar-refractivity contribution in [3.05, 3.63) is 30.3 Å². The van der Waals surface area contributed by atoms with Crippen LogP contribution in [0.2, 0.25) is 0 Å². The summed E-state index contributed by atoms with van der Waals surface area (Å²) in [6, 6.07) is 9.53. The van der Waals surface area contributed by atoms with E-state index in [1.54, 1.807) is 4.90 Å². The third-order valence-corrected chi connectivity index (χ3v) is 3.65. The van der Waals surface area contributed by atoms with Crippen LogP contribution in [0.15, 0.2) is 30.3 Å². The second-order valence-electron chi connectivity index (χ2n) is 5.45. The summed E-state index contributed by atoms with van der Waals surface area (Å²) < 4.78 is 5.72. The van der Waals surface area contributed by atoms with Gasteiger partial charge in [-0.25, -0.2) is 4.79 Å². The molecule has 0 bridgehead atoms. The molecule has 1 saturated heterocycles. The average Bonchev–Trinajstić information content (AvgIpc) is 2.99. The number of aliphatic carboxylic acids is 1. The summed E-state index contributed by atoms with van der Waals surface area (Å²) in [6.45, 7) is 2.39. The van der Waals surface area contributed by atoms with Gasteiger partial charge in [0.15, 0.2) is 0 Å². The Labute approximate surface area is 130 Å². The lowest BCUT2D eigenvalue weighted by atomic mass is 10.1. The number of rotatable bonds is 7. The van der Waals surface area contributed by atoms with Gasteiger partial charge in [0.05, 0.1) is 6.61 Å². The number of carbonyl (C=O) groups is 2. The molecule has 6 nitrogen and oxygen atoms in total. The summed E-state index contributed by atoms with van der Waals surface area (Å²) in [7, 11) is 0. The van der Waals surface area contributed by atoms with E-state index in [0.29, 0.717) is 38.6 Å². The van der Waals surface area contributed by atoms with Crippen LogP contribution in [0.4, 0.5) is 4.79 Å². The first kappa shape index (κ1) is 16.1. The van der Waals surface area contributed by atoms with Gasteiger partial charge >= 0.3 is 12.0 Å². The lowest BCUT2D eigenvalue weighted by molar-refractivity contribution is -0.137. The van der Waals surface area contributed by atoms with Crippen molar-refractivity contribution in [1.82, 2.24) is 10.2 Å². The second-order valence-corrected chi connectivity index (χ2v) is 5.45. The predicted molar refractivity (Wildman–Crippen MR) is 81.9 cm³/mol. The zero-order chi connectivity index (χ0) is 15.8. The van der Waals surface area contributed by atoms with Crippen molar-refractivity contribution >= 4 is 12.0 Å². The minimum absolute atomic E-state index is 0.0772. The number of nitrogens with one attached hydrogen (secondary N) is 1. The van der Waals surface area contributed by atoms with Gasteiger partial charge in [-0.2, -0.15) is 0 Å². The smallest absolute Gasteiger partial charge is 0.317 e. The number of likely N-dealkylation sites (tertiary alicyclic amines) is 1. The third kappa shape index (κ3) is 5.27. The van der Waals surface area contributed by atoms with Crippen LogP contribution in [0.5, 0.6) is 5.75 Å². The molecular weight excluding hydrogens is 284 g/mol. The van der Waals surface area contributed by atoms with E-state index in [2.05, 4.69) is 5.32 Å². The molecule has 0 saturated carbocycles. The molecular formula is C16H22N2O4. The minimum atomic E-state index is -0.839. The molecule has 2 rings (SSSR count). The molecule has 1 aliphatic heterocycles. The van der Waals surface area contributed by atoms with Crippen LogP contribution in [0.3, 0.4) is 0 Å². The molecule has 0 aromatic heterocycles. The summed E-state index contributed by atoms with van der Waals surface area (Å²) in [5.41, 5.74) is 0. The Bertz CT molecular complexity index is 492. The molecule has 0 radical (unpaired) electrons. The summed E-state index contributed by atoms with van der Waals surface area (Å²) in [5.74, 6) is 0.345. The highest BCUT2D eigenvalue weighted by Gasteiger charge is 2.26. The van der Waals surface area contributed by atoms with E-state index in [-0.39, 0.29) is 12.5 Å². The Morgan fingerprint density at radius 3 is 2.82 bits per heavy atom. The number of amides is 2. The highest BCUT2D eigenvalue weighted by atomic mass is 16.5. The molecule has 22 heavy (non-hydrogen) atoms. The molecule has 2 amide bonds. The zero-order valence-electron chi connectivity index (χ0n) is 12.5. The third-order valence-electron chi connectivity index (χ3n) is 3.65. The lowest BCUT2D eigenvalue weighted by Crippen LogP contribution is -2.39. The number of carboxylic acids is 1. The molecule has 1 aromatic rings. The van der Waals surface area contributed by atoms with Crippen LogP contribution in [-0.2, 0) is 4.79 Å². The Morgan fingerprint density at radius 2 is 2.09 bits per heavy atom. The number of ether oxygens (including phenoxy) is 1. The molecule has 1 heterocycles. The minimum Gasteiger partial charge on any atom is -0.493 e. The molecule has 0 aliphatic carbocycles. The van der Waals surface area contributed by atoms with Gasteiger partial charge in [0, 0.05) is 32.0 Å². The monoisotopic (exact) mass is 306 g/mol. The van der Waals surface area contributed by atoms with E-state index in [4.69, 9.17) is 9.84 Å². The molecule has 2 N–H and O–H groups in total. The van der Waals surface area contributed by atoms with Crippen molar-refractivity contribution in [3.63, 3.8) is 0 Å². The largest absolute Gasteiger partial charge is 0.493 e. The van der Waals surface area contributed by atoms with E-state index in [1.807, 2.05) is 30.3 Å². The molecule has 1 aromatic carbocycles. The van der Waals surface area contributed by atoms with Gasteiger partial charge in [-0.3, -0.25) is 4.79 Å². The van der Waals surface area contributed by atoms with Crippen molar-refractivity contribution in [2.24, 2.45) is 5.92 Å². The first-order valence-electron chi connectivity index (χ1n) is 7.57. The number of hydrogen-bond donors (Lipinski definition) is 2. The van der Waals surface area contributed by atoms with Crippen molar-refractivity contribution in [1.29, 1.82) is 0 Å². The van der Waals surface area contributed by atoms with Crippen LogP contribution in [-0.4, -0.2) is 48.2 Å². The number of benzene rings is 1. The van der Waals surface area contributed by atoms with Gasteiger partial charge in [0.1, 0.15) is 5.75 Å². The fourth-order valence-electron chi connectivity index (χ4n) is 2.43. The maximum Gasteiger partial charge on any atom is 0.317 e.